The first-order chi connectivity index (χ1) is 13.7. The van der Waals surface area contributed by atoms with E-state index in [0.29, 0.717) is 36.8 Å². The Morgan fingerprint density at radius 1 is 1.11 bits per heavy atom. The summed E-state index contributed by atoms with van der Waals surface area (Å²) >= 11 is 0. The van der Waals surface area contributed by atoms with E-state index in [2.05, 4.69) is 20.6 Å². The average molecular weight is 382 g/mol. The highest BCUT2D eigenvalue weighted by molar-refractivity contribution is 5.92. The van der Waals surface area contributed by atoms with E-state index in [9.17, 15) is 4.79 Å². The van der Waals surface area contributed by atoms with E-state index in [1.807, 2.05) is 30.3 Å². The van der Waals surface area contributed by atoms with Crippen LogP contribution in [0, 0.1) is 0 Å². The number of methoxy groups -OCH3 is 2. The van der Waals surface area contributed by atoms with E-state index in [1.165, 1.54) is 12.4 Å². The molecule has 1 aromatic carbocycles. The van der Waals surface area contributed by atoms with E-state index in [1.54, 1.807) is 20.5 Å². The summed E-state index contributed by atoms with van der Waals surface area (Å²) in [5.41, 5.74) is 1.29. The molecule has 2 heterocycles. The van der Waals surface area contributed by atoms with Crippen molar-refractivity contribution in [3.8, 4) is 11.5 Å². The molecule has 2 aromatic heterocycles. The van der Waals surface area contributed by atoms with Crippen LogP contribution in [0.25, 0.3) is 0 Å². The zero-order valence-corrected chi connectivity index (χ0v) is 15.8. The lowest BCUT2D eigenvalue weighted by atomic mass is 10.1. The Bertz CT molecular complexity index is 895. The van der Waals surface area contributed by atoms with Crippen LogP contribution < -0.4 is 20.1 Å². The van der Waals surface area contributed by atoms with Crippen LogP contribution in [-0.2, 0) is 13.0 Å². The summed E-state index contributed by atoms with van der Waals surface area (Å²) in [5, 5.41) is 5.92. The van der Waals surface area contributed by atoms with Crippen LogP contribution in [0.2, 0.25) is 0 Å². The lowest BCUT2D eigenvalue weighted by molar-refractivity contribution is 0.0949. The normalized spacial score (nSPS) is 10.4. The highest BCUT2D eigenvalue weighted by atomic mass is 16.5. The topological polar surface area (TPSA) is 98.5 Å². The largest absolute Gasteiger partial charge is 0.493 e. The molecule has 0 aliphatic heterocycles. The van der Waals surface area contributed by atoms with Gasteiger partial charge >= 0.3 is 0 Å². The molecule has 0 unspecified atom stereocenters. The molecule has 0 atom stereocenters. The fraction of sp³-hybridized carbons (Fsp3) is 0.250. The second-order valence-corrected chi connectivity index (χ2v) is 5.92. The molecule has 0 bridgehead atoms. The van der Waals surface area contributed by atoms with Crippen molar-refractivity contribution < 1.29 is 18.7 Å². The molecule has 0 aliphatic carbocycles. The third-order valence-corrected chi connectivity index (χ3v) is 4.06. The number of carbonyl (C=O) groups is 1. The number of nitrogens with zero attached hydrogens (tertiary/aromatic N) is 2. The van der Waals surface area contributed by atoms with Crippen molar-refractivity contribution in [2.45, 2.75) is 13.0 Å². The van der Waals surface area contributed by atoms with Gasteiger partial charge in [-0.05, 0) is 36.2 Å². The number of furan rings is 1. The summed E-state index contributed by atoms with van der Waals surface area (Å²) in [7, 11) is 3.19. The van der Waals surface area contributed by atoms with Crippen molar-refractivity contribution in [2.24, 2.45) is 0 Å². The van der Waals surface area contributed by atoms with Crippen molar-refractivity contribution in [1.29, 1.82) is 0 Å². The van der Waals surface area contributed by atoms with Gasteiger partial charge in [0.25, 0.3) is 5.91 Å². The fourth-order valence-electron chi connectivity index (χ4n) is 2.57. The Kier molecular flexibility index (Phi) is 6.46. The van der Waals surface area contributed by atoms with Gasteiger partial charge in [-0.2, -0.15) is 0 Å². The first kappa shape index (κ1) is 19.2. The lowest BCUT2D eigenvalue weighted by Gasteiger charge is -2.10. The summed E-state index contributed by atoms with van der Waals surface area (Å²) in [6.07, 6.45) is 5.23. The molecule has 0 radical (unpaired) electrons. The third kappa shape index (κ3) is 5.00. The molecule has 1 amide bonds. The van der Waals surface area contributed by atoms with Gasteiger partial charge < -0.3 is 24.5 Å². The molecule has 0 saturated heterocycles. The molecule has 3 aromatic rings. The summed E-state index contributed by atoms with van der Waals surface area (Å²) in [5.74, 6) is 2.42. The summed E-state index contributed by atoms with van der Waals surface area (Å²) in [6, 6.07) is 9.35. The van der Waals surface area contributed by atoms with Crippen LogP contribution in [0.5, 0.6) is 11.5 Å². The van der Waals surface area contributed by atoms with Crippen LogP contribution in [0.4, 0.5) is 5.82 Å². The van der Waals surface area contributed by atoms with Gasteiger partial charge in [-0.1, -0.05) is 6.07 Å². The van der Waals surface area contributed by atoms with Crippen molar-refractivity contribution in [3.63, 3.8) is 0 Å². The number of hydrogen-bond donors (Lipinski definition) is 2. The van der Waals surface area contributed by atoms with Gasteiger partial charge in [0.1, 0.15) is 17.3 Å². The Morgan fingerprint density at radius 2 is 1.96 bits per heavy atom. The Labute approximate surface area is 162 Å². The molecule has 0 saturated carbocycles. The summed E-state index contributed by atoms with van der Waals surface area (Å²) < 4.78 is 15.7. The fourth-order valence-corrected chi connectivity index (χ4v) is 2.57. The SMILES string of the molecule is COc1ccc(CCNC(=O)c2cnc(NCc3ccco3)cn2)cc1OC. The first-order valence-corrected chi connectivity index (χ1v) is 8.77. The van der Waals surface area contributed by atoms with Gasteiger partial charge in [-0.25, -0.2) is 9.97 Å². The van der Waals surface area contributed by atoms with Gasteiger partial charge in [0, 0.05) is 6.54 Å². The standard InChI is InChI=1S/C20H22N4O4/c1-26-17-6-5-14(10-18(17)27-2)7-8-21-20(25)16-12-24-19(13-22-16)23-11-15-4-3-9-28-15/h3-6,9-10,12-13H,7-8,11H2,1-2H3,(H,21,25)(H,23,24). The maximum atomic E-state index is 12.2. The number of carbonyl (C=O) groups excluding carboxylic acids is 1. The third-order valence-electron chi connectivity index (χ3n) is 4.06. The van der Waals surface area contributed by atoms with Crippen molar-refractivity contribution in [1.82, 2.24) is 15.3 Å². The molecule has 3 rings (SSSR count). The molecule has 8 nitrogen and oxygen atoms in total. The molecule has 0 spiro atoms. The molecule has 8 heteroatoms. The number of aromatic nitrogens is 2. The van der Waals surface area contributed by atoms with Crippen LogP contribution in [-0.4, -0.2) is 36.6 Å². The maximum absolute atomic E-state index is 12.2. The van der Waals surface area contributed by atoms with E-state index in [4.69, 9.17) is 13.9 Å². The van der Waals surface area contributed by atoms with Gasteiger partial charge in [-0.15, -0.1) is 0 Å². The highest BCUT2D eigenvalue weighted by Crippen LogP contribution is 2.27. The number of benzene rings is 1. The predicted molar refractivity (Wildman–Crippen MR) is 104 cm³/mol. The number of nitrogens with one attached hydrogen (secondary N) is 2. The molecule has 2 N–H and O–H groups in total. The Morgan fingerprint density at radius 3 is 2.64 bits per heavy atom. The Hall–Kier alpha value is -3.55. The number of anilines is 1. The molecule has 146 valence electrons. The van der Waals surface area contributed by atoms with Crippen molar-refractivity contribution >= 4 is 11.7 Å². The quantitative estimate of drug-likeness (QED) is 0.587. The van der Waals surface area contributed by atoms with Gasteiger partial charge in [0.05, 0.1) is 39.4 Å². The van der Waals surface area contributed by atoms with Gasteiger partial charge in [-0.3, -0.25) is 4.79 Å². The Balaban J connectivity index is 1.48. The van der Waals surface area contributed by atoms with E-state index in [-0.39, 0.29) is 11.6 Å². The van der Waals surface area contributed by atoms with Crippen LogP contribution in [0.1, 0.15) is 21.8 Å². The summed E-state index contributed by atoms with van der Waals surface area (Å²) in [6.45, 7) is 0.965. The highest BCUT2D eigenvalue weighted by Gasteiger charge is 2.09. The maximum Gasteiger partial charge on any atom is 0.271 e. The second kappa shape index (κ2) is 9.40. The molecular weight excluding hydrogens is 360 g/mol. The lowest BCUT2D eigenvalue weighted by Crippen LogP contribution is -2.26. The van der Waals surface area contributed by atoms with E-state index < -0.39 is 0 Å². The van der Waals surface area contributed by atoms with Crippen molar-refractivity contribution in [2.75, 3.05) is 26.1 Å². The molecular formula is C20H22N4O4. The predicted octanol–water partition coefficient (Wildman–Crippen LogP) is 2.67. The zero-order chi connectivity index (χ0) is 19.8. The zero-order valence-electron chi connectivity index (χ0n) is 15.8. The van der Waals surface area contributed by atoms with Crippen molar-refractivity contribution in [3.05, 3.63) is 66.0 Å². The molecule has 0 fully saturated rings. The van der Waals surface area contributed by atoms with E-state index >= 15 is 0 Å². The average Bonchev–Trinajstić information content (AvgIpc) is 3.26. The van der Waals surface area contributed by atoms with Crippen LogP contribution in [0.15, 0.2) is 53.4 Å². The number of amides is 1. The second-order valence-electron chi connectivity index (χ2n) is 5.92. The molecule has 28 heavy (non-hydrogen) atoms. The minimum atomic E-state index is -0.273. The number of rotatable bonds is 9. The van der Waals surface area contributed by atoms with Gasteiger partial charge in [0.15, 0.2) is 11.5 Å². The minimum Gasteiger partial charge on any atom is -0.493 e. The molecule has 0 aliphatic rings. The van der Waals surface area contributed by atoms with Gasteiger partial charge in [0.2, 0.25) is 0 Å². The number of ether oxygens (including phenoxy) is 2. The monoisotopic (exact) mass is 382 g/mol. The van der Waals surface area contributed by atoms with Crippen LogP contribution >= 0.6 is 0 Å². The van der Waals surface area contributed by atoms with E-state index in [0.717, 1.165) is 11.3 Å². The van der Waals surface area contributed by atoms with Crippen LogP contribution in [0.3, 0.4) is 0 Å². The first-order valence-electron chi connectivity index (χ1n) is 8.77. The summed E-state index contributed by atoms with van der Waals surface area (Å²) in [4.78, 5) is 20.6. The number of hydrogen-bond acceptors (Lipinski definition) is 7. The minimum absolute atomic E-state index is 0.260. The smallest absolute Gasteiger partial charge is 0.271 e.